The highest BCUT2D eigenvalue weighted by atomic mass is 79.9. The molecule has 0 spiro atoms. The highest BCUT2D eigenvalue weighted by Gasteiger charge is 2.17. The Bertz CT molecular complexity index is 581. The molecule has 0 saturated heterocycles. The summed E-state index contributed by atoms with van der Waals surface area (Å²) < 4.78 is 39.7. The molecule has 0 aromatic heterocycles. The average Bonchev–Trinajstić information content (AvgIpc) is 2.31. The van der Waals surface area contributed by atoms with Crippen molar-refractivity contribution in [2.45, 2.75) is 11.8 Å². The summed E-state index contributed by atoms with van der Waals surface area (Å²) in [6, 6.07) is 7.67. The molecule has 0 fully saturated rings. The summed E-state index contributed by atoms with van der Waals surface area (Å²) >= 11 is 3.33. The number of alkyl halides is 1. The summed E-state index contributed by atoms with van der Waals surface area (Å²) in [4.78, 5) is -0.506. The molecular weight excluding hydrogens is 305 g/mol. The van der Waals surface area contributed by atoms with E-state index in [0.29, 0.717) is 5.56 Å². The van der Waals surface area contributed by atoms with Crippen LogP contribution in [-0.2, 0) is 0 Å². The van der Waals surface area contributed by atoms with E-state index >= 15 is 0 Å². The van der Waals surface area contributed by atoms with E-state index < -0.39 is 16.5 Å². The predicted octanol–water partition coefficient (Wildman–Crippen LogP) is 4.90. The molecule has 1 atom stereocenters. The molecule has 0 amide bonds. The SMILES string of the molecule is Cc1ccc(F)cc1C(Br)c1ccc(F)cc1F. The van der Waals surface area contributed by atoms with E-state index in [9.17, 15) is 13.2 Å². The van der Waals surface area contributed by atoms with Gasteiger partial charge in [0.15, 0.2) is 0 Å². The van der Waals surface area contributed by atoms with Gasteiger partial charge in [0.25, 0.3) is 0 Å². The molecule has 1 unspecified atom stereocenters. The topological polar surface area (TPSA) is 0 Å². The van der Waals surface area contributed by atoms with Crippen LogP contribution in [-0.4, -0.2) is 0 Å². The van der Waals surface area contributed by atoms with Crippen molar-refractivity contribution in [1.82, 2.24) is 0 Å². The van der Waals surface area contributed by atoms with E-state index in [0.717, 1.165) is 11.6 Å². The second-order valence-electron chi connectivity index (χ2n) is 4.03. The second-order valence-corrected chi connectivity index (χ2v) is 4.94. The Morgan fingerprint density at radius 1 is 0.889 bits per heavy atom. The zero-order valence-electron chi connectivity index (χ0n) is 9.55. The molecule has 0 radical (unpaired) electrons. The van der Waals surface area contributed by atoms with Gasteiger partial charge in [0.1, 0.15) is 17.5 Å². The Kier molecular flexibility index (Phi) is 3.76. The first-order chi connectivity index (χ1) is 8.49. The standard InChI is InChI=1S/C14H10BrF3/c1-8-2-3-9(16)6-12(8)14(15)11-5-4-10(17)7-13(11)18/h2-7,14H,1H3. The van der Waals surface area contributed by atoms with Gasteiger partial charge in [0, 0.05) is 11.6 Å². The monoisotopic (exact) mass is 314 g/mol. The molecule has 0 nitrogen and oxygen atoms in total. The molecule has 2 aromatic rings. The normalized spacial score (nSPS) is 12.5. The molecule has 0 saturated carbocycles. The third-order valence-electron chi connectivity index (χ3n) is 2.75. The molecular formula is C14H10BrF3. The zero-order chi connectivity index (χ0) is 13.3. The molecule has 2 rings (SSSR count). The fourth-order valence-electron chi connectivity index (χ4n) is 1.76. The van der Waals surface area contributed by atoms with Crippen LogP contribution < -0.4 is 0 Å². The van der Waals surface area contributed by atoms with Crippen LogP contribution in [0.5, 0.6) is 0 Å². The van der Waals surface area contributed by atoms with Gasteiger partial charge in [0.2, 0.25) is 0 Å². The van der Waals surface area contributed by atoms with Crippen molar-refractivity contribution in [3.8, 4) is 0 Å². The van der Waals surface area contributed by atoms with Gasteiger partial charge in [-0.1, -0.05) is 28.1 Å². The zero-order valence-corrected chi connectivity index (χ0v) is 11.1. The lowest BCUT2D eigenvalue weighted by Gasteiger charge is -2.14. The lowest BCUT2D eigenvalue weighted by Crippen LogP contribution is -2.00. The Morgan fingerprint density at radius 3 is 2.17 bits per heavy atom. The van der Waals surface area contributed by atoms with Gasteiger partial charge in [-0.15, -0.1) is 0 Å². The van der Waals surface area contributed by atoms with Gasteiger partial charge in [-0.2, -0.15) is 0 Å². The van der Waals surface area contributed by atoms with Crippen LogP contribution in [0.25, 0.3) is 0 Å². The lowest BCUT2D eigenvalue weighted by atomic mass is 10.00. The quantitative estimate of drug-likeness (QED) is 0.692. The average molecular weight is 315 g/mol. The first kappa shape index (κ1) is 13.1. The number of rotatable bonds is 2. The van der Waals surface area contributed by atoms with Crippen LogP contribution in [0.4, 0.5) is 13.2 Å². The van der Waals surface area contributed by atoms with Gasteiger partial charge in [0.05, 0.1) is 4.83 Å². The Hall–Kier alpha value is -1.29. The number of halogens is 4. The first-order valence-corrected chi connectivity index (χ1v) is 6.25. The van der Waals surface area contributed by atoms with Crippen molar-refractivity contribution in [3.63, 3.8) is 0 Å². The molecule has 4 heteroatoms. The summed E-state index contributed by atoms with van der Waals surface area (Å²) in [5.41, 5.74) is 1.74. The molecule has 2 aromatic carbocycles. The van der Waals surface area contributed by atoms with Crippen molar-refractivity contribution >= 4 is 15.9 Å². The molecule has 0 heterocycles. The van der Waals surface area contributed by atoms with E-state index in [-0.39, 0.29) is 11.4 Å². The Labute approximate surface area is 112 Å². The van der Waals surface area contributed by atoms with Gasteiger partial charge in [-0.25, -0.2) is 13.2 Å². The van der Waals surface area contributed by atoms with Crippen molar-refractivity contribution < 1.29 is 13.2 Å². The highest BCUT2D eigenvalue weighted by Crippen LogP contribution is 2.34. The van der Waals surface area contributed by atoms with Crippen LogP contribution in [0.2, 0.25) is 0 Å². The lowest BCUT2D eigenvalue weighted by molar-refractivity contribution is 0.574. The molecule has 0 aliphatic rings. The molecule has 0 aliphatic carbocycles. The van der Waals surface area contributed by atoms with Gasteiger partial charge >= 0.3 is 0 Å². The third kappa shape index (κ3) is 2.58. The minimum Gasteiger partial charge on any atom is -0.207 e. The largest absolute Gasteiger partial charge is 0.207 e. The molecule has 0 N–H and O–H groups in total. The maximum Gasteiger partial charge on any atom is 0.130 e. The van der Waals surface area contributed by atoms with Crippen molar-refractivity contribution in [2.75, 3.05) is 0 Å². The van der Waals surface area contributed by atoms with Crippen molar-refractivity contribution in [3.05, 3.63) is 70.5 Å². The van der Waals surface area contributed by atoms with E-state index in [1.54, 1.807) is 6.07 Å². The van der Waals surface area contributed by atoms with Crippen LogP contribution in [0.1, 0.15) is 21.5 Å². The fraction of sp³-hybridized carbons (Fsp3) is 0.143. The number of hydrogen-bond acceptors (Lipinski definition) is 0. The van der Waals surface area contributed by atoms with Crippen molar-refractivity contribution in [2.24, 2.45) is 0 Å². The smallest absolute Gasteiger partial charge is 0.130 e. The second kappa shape index (κ2) is 5.14. The molecule has 94 valence electrons. The maximum absolute atomic E-state index is 13.7. The number of benzene rings is 2. The van der Waals surface area contributed by atoms with Crippen LogP contribution in [0, 0.1) is 24.4 Å². The van der Waals surface area contributed by atoms with E-state index in [2.05, 4.69) is 15.9 Å². The highest BCUT2D eigenvalue weighted by molar-refractivity contribution is 9.09. The van der Waals surface area contributed by atoms with E-state index in [1.807, 2.05) is 6.92 Å². The summed E-state index contributed by atoms with van der Waals surface area (Å²) in [5.74, 6) is -1.67. The molecule has 0 bridgehead atoms. The van der Waals surface area contributed by atoms with Gasteiger partial charge in [-0.05, 0) is 36.2 Å². The predicted molar refractivity (Wildman–Crippen MR) is 68.3 cm³/mol. The van der Waals surface area contributed by atoms with E-state index in [4.69, 9.17) is 0 Å². The minimum atomic E-state index is -0.652. The summed E-state index contributed by atoms with van der Waals surface area (Å²) in [6.07, 6.45) is 0. The summed E-state index contributed by atoms with van der Waals surface area (Å²) in [6.45, 7) is 1.81. The Balaban J connectivity index is 2.47. The maximum atomic E-state index is 13.7. The Morgan fingerprint density at radius 2 is 1.50 bits per heavy atom. The van der Waals surface area contributed by atoms with Gasteiger partial charge < -0.3 is 0 Å². The van der Waals surface area contributed by atoms with Crippen molar-refractivity contribution in [1.29, 1.82) is 0 Å². The number of hydrogen-bond donors (Lipinski definition) is 0. The van der Waals surface area contributed by atoms with Crippen LogP contribution in [0.3, 0.4) is 0 Å². The summed E-state index contributed by atoms with van der Waals surface area (Å²) in [7, 11) is 0. The van der Waals surface area contributed by atoms with Gasteiger partial charge in [-0.3, -0.25) is 0 Å². The summed E-state index contributed by atoms with van der Waals surface area (Å²) in [5, 5.41) is 0. The van der Waals surface area contributed by atoms with Crippen LogP contribution >= 0.6 is 15.9 Å². The number of aryl methyl sites for hydroxylation is 1. The van der Waals surface area contributed by atoms with E-state index in [1.165, 1.54) is 24.3 Å². The minimum absolute atomic E-state index is 0.283. The molecule has 18 heavy (non-hydrogen) atoms. The molecule has 0 aliphatic heterocycles. The third-order valence-corrected chi connectivity index (χ3v) is 3.74. The fourth-order valence-corrected chi connectivity index (χ4v) is 2.62. The first-order valence-electron chi connectivity index (χ1n) is 5.34. The van der Waals surface area contributed by atoms with Crippen LogP contribution in [0.15, 0.2) is 36.4 Å².